The first-order valence-electron chi connectivity index (χ1n) is 6.94. The molecular formula is C16H21N3. The minimum atomic E-state index is 0.583. The normalized spacial score (nSPS) is 10.6. The van der Waals surface area contributed by atoms with Crippen molar-refractivity contribution in [1.82, 2.24) is 9.97 Å². The molecule has 0 spiro atoms. The molecule has 1 heterocycles. The van der Waals surface area contributed by atoms with Gasteiger partial charge >= 0.3 is 0 Å². The van der Waals surface area contributed by atoms with E-state index in [1.165, 1.54) is 18.4 Å². The number of aromatic nitrogens is 2. The molecule has 0 fully saturated rings. The van der Waals surface area contributed by atoms with Crippen LogP contribution >= 0.6 is 0 Å². The summed E-state index contributed by atoms with van der Waals surface area (Å²) in [6.45, 7) is 2.80. The highest BCUT2D eigenvalue weighted by Crippen LogP contribution is 2.18. The van der Waals surface area contributed by atoms with Crippen molar-refractivity contribution in [2.45, 2.75) is 32.6 Å². The Morgan fingerprint density at radius 2 is 1.84 bits per heavy atom. The van der Waals surface area contributed by atoms with Crippen molar-refractivity contribution in [3.05, 3.63) is 47.9 Å². The first-order chi connectivity index (χ1) is 9.33. The number of hydrogen-bond acceptors (Lipinski definition) is 3. The molecule has 0 aliphatic heterocycles. The fourth-order valence-corrected chi connectivity index (χ4v) is 2.03. The second-order valence-electron chi connectivity index (χ2n) is 4.70. The summed E-state index contributed by atoms with van der Waals surface area (Å²) in [5.74, 6) is 0.815. The lowest BCUT2D eigenvalue weighted by molar-refractivity contribution is 0.795. The third-order valence-corrected chi connectivity index (χ3v) is 3.14. The predicted molar refractivity (Wildman–Crippen MR) is 78.8 cm³/mol. The van der Waals surface area contributed by atoms with Crippen LogP contribution in [0.3, 0.4) is 0 Å². The third kappa shape index (κ3) is 3.86. The number of unbranched alkanes of at least 4 members (excludes halogenated alkanes) is 1. The second kappa shape index (κ2) is 7.00. The van der Waals surface area contributed by atoms with Crippen molar-refractivity contribution in [3.8, 4) is 11.3 Å². The van der Waals surface area contributed by atoms with Crippen molar-refractivity contribution in [2.75, 3.05) is 6.54 Å². The van der Waals surface area contributed by atoms with Crippen LogP contribution in [-0.2, 0) is 12.8 Å². The van der Waals surface area contributed by atoms with Gasteiger partial charge in [0.25, 0.3) is 0 Å². The summed E-state index contributed by atoms with van der Waals surface area (Å²) in [5, 5.41) is 0. The van der Waals surface area contributed by atoms with Crippen LogP contribution in [0.2, 0.25) is 0 Å². The van der Waals surface area contributed by atoms with Crippen molar-refractivity contribution in [3.63, 3.8) is 0 Å². The first kappa shape index (κ1) is 13.7. The summed E-state index contributed by atoms with van der Waals surface area (Å²) in [7, 11) is 0. The van der Waals surface area contributed by atoms with Crippen molar-refractivity contribution in [2.24, 2.45) is 5.73 Å². The van der Waals surface area contributed by atoms with Gasteiger partial charge in [0.1, 0.15) is 5.82 Å². The Kier molecular flexibility index (Phi) is 5.04. The first-order valence-corrected chi connectivity index (χ1v) is 6.94. The number of rotatable bonds is 6. The molecule has 2 N–H and O–H groups in total. The predicted octanol–water partition coefficient (Wildman–Crippen LogP) is 2.99. The molecule has 0 saturated carbocycles. The van der Waals surface area contributed by atoms with Gasteiger partial charge in [0.2, 0.25) is 0 Å². The largest absolute Gasteiger partial charge is 0.330 e. The second-order valence-corrected chi connectivity index (χ2v) is 4.70. The zero-order valence-corrected chi connectivity index (χ0v) is 11.5. The van der Waals surface area contributed by atoms with Gasteiger partial charge in [-0.1, -0.05) is 37.6 Å². The van der Waals surface area contributed by atoms with Crippen molar-refractivity contribution < 1.29 is 0 Å². The molecule has 0 aliphatic carbocycles. The molecule has 3 heteroatoms. The maximum Gasteiger partial charge on any atom is 0.130 e. The molecule has 0 saturated heterocycles. The molecular weight excluding hydrogens is 234 g/mol. The molecule has 0 aliphatic rings. The maximum absolute atomic E-state index is 5.54. The third-order valence-electron chi connectivity index (χ3n) is 3.14. The lowest BCUT2D eigenvalue weighted by Gasteiger charge is -2.05. The van der Waals surface area contributed by atoms with Crippen LogP contribution < -0.4 is 5.73 Å². The molecule has 0 amide bonds. The topological polar surface area (TPSA) is 51.8 Å². The summed E-state index contributed by atoms with van der Waals surface area (Å²) in [5.41, 5.74) is 9.04. The van der Waals surface area contributed by atoms with E-state index in [9.17, 15) is 0 Å². The van der Waals surface area contributed by atoms with E-state index in [4.69, 9.17) is 5.73 Å². The minimum Gasteiger partial charge on any atom is -0.330 e. The van der Waals surface area contributed by atoms with Crippen LogP contribution in [0, 0.1) is 0 Å². The molecule has 0 unspecified atom stereocenters. The molecule has 0 atom stereocenters. The number of aryl methyl sites for hydroxylation is 1. The molecule has 3 nitrogen and oxygen atoms in total. The standard InChI is InChI=1S/C16H21N3/c1-2-3-4-13-5-7-14(8-6-13)15-10-12-18-16(19-15)9-11-17/h5-8,10,12H,2-4,9,11,17H2,1H3. The van der Waals surface area contributed by atoms with Gasteiger partial charge in [-0.15, -0.1) is 0 Å². The van der Waals surface area contributed by atoms with E-state index >= 15 is 0 Å². The van der Waals surface area contributed by atoms with Crippen molar-refractivity contribution in [1.29, 1.82) is 0 Å². The molecule has 2 rings (SSSR count). The molecule has 100 valence electrons. The van der Waals surface area contributed by atoms with Crippen LogP contribution in [-0.4, -0.2) is 16.5 Å². The van der Waals surface area contributed by atoms with E-state index in [-0.39, 0.29) is 0 Å². The summed E-state index contributed by atoms with van der Waals surface area (Å²) in [6, 6.07) is 10.6. The molecule has 1 aromatic heterocycles. The molecule has 0 radical (unpaired) electrons. The minimum absolute atomic E-state index is 0.583. The van der Waals surface area contributed by atoms with E-state index in [0.717, 1.165) is 29.9 Å². The van der Waals surface area contributed by atoms with Crippen LogP contribution in [0.15, 0.2) is 36.5 Å². The summed E-state index contributed by atoms with van der Waals surface area (Å²) >= 11 is 0. The highest BCUT2D eigenvalue weighted by molar-refractivity contribution is 5.58. The lowest BCUT2D eigenvalue weighted by atomic mass is 10.0. The average molecular weight is 255 g/mol. The molecule has 1 aromatic carbocycles. The van der Waals surface area contributed by atoms with E-state index < -0.39 is 0 Å². The van der Waals surface area contributed by atoms with Crippen molar-refractivity contribution >= 4 is 0 Å². The van der Waals surface area contributed by atoms with Gasteiger partial charge in [-0.2, -0.15) is 0 Å². The lowest BCUT2D eigenvalue weighted by Crippen LogP contribution is -2.06. The Hall–Kier alpha value is -1.74. The fraction of sp³-hybridized carbons (Fsp3) is 0.375. The monoisotopic (exact) mass is 255 g/mol. The molecule has 2 aromatic rings. The Morgan fingerprint density at radius 3 is 2.53 bits per heavy atom. The van der Waals surface area contributed by atoms with Gasteiger partial charge in [0, 0.05) is 18.2 Å². The van der Waals surface area contributed by atoms with E-state index in [1.807, 2.05) is 6.07 Å². The number of nitrogens with two attached hydrogens (primary N) is 1. The molecule has 19 heavy (non-hydrogen) atoms. The van der Waals surface area contributed by atoms with Gasteiger partial charge in [-0.3, -0.25) is 0 Å². The Labute approximate surface area is 114 Å². The maximum atomic E-state index is 5.54. The van der Waals surface area contributed by atoms with Crippen LogP contribution in [0.4, 0.5) is 0 Å². The Balaban J connectivity index is 2.14. The van der Waals surface area contributed by atoms with E-state index in [0.29, 0.717) is 6.54 Å². The Bertz CT molecular complexity index is 506. The number of nitrogens with zero attached hydrogens (tertiary/aromatic N) is 2. The van der Waals surface area contributed by atoms with E-state index in [2.05, 4.69) is 41.2 Å². The number of hydrogen-bond donors (Lipinski definition) is 1. The summed E-state index contributed by atoms with van der Waals surface area (Å²) in [6.07, 6.45) is 6.16. The fourth-order valence-electron chi connectivity index (χ4n) is 2.03. The van der Waals surface area contributed by atoms with Crippen LogP contribution in [0.5, 0.6) is 0 Å². The smallest absolute Gasteiger partial charge is 0.130 e. The molecule has 0 bridgehead atoms. The summed E-state index contributed by atoms with van der Waals surface area (Å²) in [4.78, 5) is 8.76. The van der Waals surface area contributed by atoms with Gasteiger partial charge in [0.05, 0.1) is 5.69 Å². The summed E-state index contributed by atoms with van der Waals surface area (Å²) < 4.78 is 0. The van der Waals surface area contributed by atoms with Gasteiger partial charge < -0.3 is 5.73 Å². The highest BCUT2D eigenvalue weighted by atomic mass is 14.9. The van der Waals surface area contributed by atoms with Gasteiger partial charge in [-0.25, -0.2) is 9.97 Å². The van der Waals surface area contributed by atoms with Crippen LogP contribution in [0.1, 0.15) is 31.2 Å². The van der Waals surface area contributed by atoms with Crippen LogP contribution in [0.25, 0.3) is 11.3 Å². The highest BCUT2D eigenvalue weighted by Gasteiger charge is 2.02. The zero-order valence-electron chi connectivity index (χ0n) is 11.5. The Morgan fingerprint density at radius 1 is 1.05 bits per heavy atom. The van der Waals surface area contributed by atoms with Gasteiger partial charge in [0.15, 0.2) is 0 Å². The van der Waals surface area contributed by atoms with E-state index in [1.54, 1.807) is 6.20 Å². The number of benzene rings is 1. The van der Waals surface area contributed by atoms with Gasteiger partial charge in [-0.05, 0) is 31.0 Å². The zero-order chi connectivity index (χ0) is 13.5. The average Bonchev–Trinajstić information content (AvgIpc) is 2.46. The quantitative estimate of drug-likeness (QED) is 0.863. The SMILES string of the molecule is CCCCc1ccc(-c2ccnc(CCN)n2)cc1.